The molecule has 21 heavy (non-hydrogen) atoms. The first kappa shape index (κ1) is 16.1. The number of phenolic OH excluding ortho intramolecular Hbond substituents is 1. The third-order valence-corrected chi connectivity index (χ3v) is 2.57. The predicted octanol–water partition coefficient (Wildman–Crippen LogP) is 0.956. The molecular formula is C12H12N2O7. The van der Waals surface area contributed by atoms with Crippen molar-refractivity contribution in [1.82, 2.24) is 0 Å². The maximum atomic E-state index is 10.8. The van der Waals surface area contributed by atoms with Gasteiger partial charge >= 0.3 is 11.9 Å². The first-order valence-corrected chi connectivity index (χ1v) is 5.68. The van der Waals surface area contributed by atoms with Gasteiger partial charge in [0.2, 0.25) is 0 Å². The van der Waals surface area contributed by atoms with E-state index < -0.39 is 29.3 Å². The highest BCUT2D eigenvalue weighted by molar-refractivity contribution is 5.88. The lowest BCUT2D eigenvalue weighted by Crippen LogP contribution is -2.21. The van der Waals surface area contributed by atoms with E-state index in [0.717, 1.165) is 18.3 Å². The van der Waals surface area contributed by atoms with Gasteiger partial charge in [0.25, 0.3) is 5.69 Å². The zero-order chi connectivity index (χ0) is 16.2. The predicted molar refractivity (Wildman–Crippen MR) is 70.8 cm³/mol. The summed E-state index contributed by atoms with van der Waals surface area (Å²) in [4.78, 5) is 34.9. The monoisotopic (exact) mass is 296 g/mol. The molecule has 1 atom stereocenters. The lowest BCUT2D eigenvalue weighted by atomic mass is 10.1. The smallest absolute Gasteiger partial charge is 0.329 e. The van der Waals surface area contributed by atoms with Crippen molar-refractivity contribution in [3.05, 3.63) is 33.4 Å². The van der Waals surface area contributed by atoms with Gasteiger partial charge in [-0.25, -0.2) is 4.79 Å². The number of hydrogen-bond acceptors (Lipinski definition) is 6. The van der Waals surface area contributed by atoms with Crippen molar-refractivity contribution in [2.24, 2.45) is 4.99 Å². The number of nitro groups is 1. The van der Waals surface area contributed by atoms with Crippen LogP contribution in [0, 0.1) is 17.0 Å². The highest BCUT2D eigenvalue weighted by atomic mass is 16.6. The third kappa shape index (κ3) is 4.27. The van der Waals surface area contributed by atoms with Crippen LogP contribution in [0.25, 0.3) is 0 Å². The molecule has 0 amide bonds. The van der Waals surface area contributed by atoms with Crippen LogP contribution in [-0.4, -0.2) is 44.4 Å². The quantitative estimate of drug-likeness (QED) is 0.401. The molecule has 0 saturated carbocycles. The molecule has 0 spiro atoms. The minimum atomic E-state index is -1.54. The topological polar surface area (TPSA) is 150 Å². The maximum absolute atomic E-state index is 10.8. The average Bonchev–Trinajstić information content (AvgIpc) is 2.37. The van der Waals surface area contributed by atoms with Gasteiger partial charge in [-0.1, -0.05) is 0 Å². The lowest BCUT2D eigenvalue weighted by molar-refractivity contribution is -0.384. The van der Waals surface area contributed by atoms with Crippen LogP contribution in [0.1, 0.15) is 17.5 Å². The third-order valence-electron chi connectivity index (χ3n) is 2.57. The first-order valence-electron chi connectivity index (χ1n) is 5.68. The van der Waals surface area contributed by atoms with Gasteiger partial charge in [-0.3, -0.25) is 19.9 Å². The van der Waals surface area contributed by atoms with Crippen molar-refractivity contribution in [2.75, 3.05) is 0 Å². The van der Waals surface area contributed by atoms with Crippen LogP contribution < -0.4 is 0 Å². The second kappa shape index (κ2) is 6.46. The molecule has 1 aromatic rings. The second-order valence-corrected chi connectivity index (χ2v) is 4.19. The lowest BCUT2D eigenvalue weighted by Gasteiger charge is -2.06. The molecule has 0 radical (unpaired) electrons. The van der Waals surface area contributed by atoms with Crippen molar-refractivity contribution in [1.29, 1.82) is 0 Å². The number of carboxylic acid groups (broad SMARTS) is 2. The summed E-state index contributed by atoms with van der Waals surface area (Å²) in [7, 11) is 0. The zero-order valence-electron chi connectivity index (χ0n) is 10.9. The van der Waals surface area contributed by atoms with Crippen molar-refractivity contribution in [2.45, 2.75) is 19.4 Å². The number of carboxylic acids is 2. The minimum Gasteiger partial charge on any atom is -0.507 e. The Hall–Kier alpha value is -2.97. The fourth-order valence-electron chi connectivity index (χ4n) is 1.53. The average molecular weight is 296 g/mol. The minimum absolute atomic E-state index is 0.0571. The number of carbonyl (C=O) groups is 2. The molecule has 0 fully saturated rings. The number of non-ortho nitro benzene ring substituents is 1. The first-order chi connectivity index (χ1) is 9.72. The summed E-state index contributed by atoms with van der Waals surface area (Å²) < 4.78 is 0. The Balaban J connectivity index is 3.15. The van der Waals surface area contributed by atoms with E-state index >= 15 is 0 Å². The number of hydrogen-bond donors (Lipinski definition) is 3. The summed E-state index contributed by atoms with van der Waals surface area (Å²) >= 11 is 0. The number of aliphatic carboxylic acids is 2. The van der Waals surface area contributed by atoms with E-state index in [0.29, 0.717) is 0 Å². The van der Waals surface area contributed by atoms with Crippen molar-refractivity contribution in [3.8, 4) is 5.75 Å². The van der Waals surface area contributed by atoms with Gasteiger partial charge in [0.1, 0.15) is 5.75 Å². The highest BCUT2D eigenvalue weighted by Gasteiger charge is 2.20. The number of nitro benzene ring substituents is 1. The standard InChI is InChI=1S/C12H12N2O7/c1-6-2-8(14(20)21)3-7(11(6)17)5-13-9(12(18)19)4-10(15)16/h2-3,5,9,17H,4H2,1H3,(H,15,16)(H,18,19). The van der Waals surface area contributed by atoms with Crippen molar-refractivity contribution in [3.63, 3.8) is 0 Å². The van der Waals surface area contributed by atoms with Gasteiger partial charge in [-0.2, -0.15) is 0 Å². The number of benzene rings is 1. The fourth-order valence-corrected chi connectivity index (χ4v) is 1.53. The van der Waals surface area contributed by atoms with Crippen LogP contribution in [-0.2, 0) is 9.59 Å². The maximum Gasteiger partial charge on any atom is 0.329 e. The Morgan fingerprint density at radius 3 is 2.52 bits per heavy atom. The molecule has 3 N–H and O–H groups in total. The van der Waals surface area contributed by atoms with Crippen LogP contribution in [0.15, 0.2) is 17.1 Å². The van der Waals surface area contributed by atoms with Gasteiger partial charge in [-0.15, -0.1) is 0 Å². The van der Waals surface area contributed by atoms with E-state index in [9.17, 15) is 24.8 Å². The van der Waals surface area contributed by atoms with E-state index in [1.54, 1.807) is 0 Å². The van der Waals surface area contributed by atoms with Gasteiger partial charge in [0.15, 0.2) is 6.04 Å². The molecule has 0 aliphatic rings. The summed E-state index contributed by atoms with van der Waals surface area (Å²) in [6.07, 6.45) is 0.178. The number of nitrogens with zero attached hydrogens (tertiary/aromatic N) is 2. The van der Waals surface area contributed by atoms with E-state index in [1.807, 2.05) is 0 Å². The van der Waals surface area contributed by atoms with Crippen molar-refractivity contribution >= 4 is 23.8 Å². The Morgan fingerprint density at radius 2 is 2.05 bits per heavy atom. The van der Waals surface area contributed by atoms with Gasteiger partial charge in [0.05, 0.1) is 11.3 Å². The largest absolute Gasteiger partial charge is 0.507 e. The molecule has 0 saturated heterocycles. The molecule has 9 nitrogen and oxygen atoms in total. The van der Waals surface area contributed by atoms with Crippen LogP contribution in [0.4, 0.5) is 5.69 Å². The Kier molecular flexibility index (Phi) is 4.95. The molecule has 0 heterocycles. The van der Waals surface area contributed by atoms with Crippen LogP contribution in [0.3, 0.4) is 0 Å². The molecule has 9 heteroatoms. The summed E-state index contributed by atoms with van der Waals surface area (Å²) in [6, 6.07) is 0.630. The van der Waals surface area contributed by atoms with Crippen LogP contribution in [0.2, 0.25) is 0 Å². The van der Waals surface area contributed by atoms with Gasteiger partial charge < -0.3 is 15.3 Å². The number of aromatic hydroxyl groups is 1. The fraction of sp³-hybridized carbons (Fsp3) is 0.250. The van der Waals surface area contributed by atoms with E-state index in [2.05, 4.69) is 4.99 Å². The summed E-state index contributed by atoms with van der Waals surface area (Å²) in [5.41, 5.74) is -0.133. The molecule has 1 aromatic carbocycles. The van der Waals surface area contributed by atoms with E-state index in [-0.39, 0.29) is 22.6 Å². The summed E-state index contributed by atoms with van der Waals surface area (Å²) in [5, 5.41) is 37.9. The summed E-state index contributed by atoms with van der Waals surface area (Å²) in [5.74, 6) is -3.09. The SMILES string of the molecule is Cc1cc([N+](=O)[O-])cc(C=NC(CC(=O)O)C(=O)O)c1O. The molecular weight excluding hydrogens is 284 g/mol. The van der Waals surface area contributed by atoms with E-state index in [4.69, 9.17) is 10.2 Å². The van der Waals surface area contributed by atoms with Crippen LogP contribution >= 0.6 is 0 Å². The highest BCUT2D eigenvalue weighted by Crippen LogP contribution is 2.26. The van der Waals surface area contributed by atoms with Gasteiger partial charge in [-0.05, 0) is 12.5 Å². The molecule has 0 bridgehead atoms. The Bertz CT molecular complexity index is 624. The molecule has 0 aromatic heterocycles. The normalized spacial score (nSPS) is 12.2. The number of aryl methyl sites for hydroxylation is 1. The molecule has 0 aliphatic carbocycles. The molecule has 0 aliphatic heterocycles. The van der Waals surface area contributed by atoms with Gasteiger partial charge in [0, 0.05) is 23.9 Å². The number of rotatable bonds is 6. The number of phenols is 1. The van der Waals surface area contributed by atoms with E-state index in [1.165, 1.54) is 6.92 Å². The number of aliphatic imine (C=N–C) groups is 1. The Morgan fingerprint density at radius 1 is 1.43 bits per heavy atom. The molecule has 1 rings (SSSR count). The molecule has 1 unspecified atom stereocenters. The van der Waals surface area contributed by atoms with Crippen molar-refractivity contribution < 1.29 is 29.8 Å². The van der Waals surface area contributed by atoms with Crippen LogP contribution in [0.5, 0.6) is 5.75 Å². The zero-order valence-corrected chi connectivity index (χ0v) is 10.9. The Labute approximate surface area is 118 Å². The molecule has 112 valence electrons. The summed E-state index contributed by atoms with van der Waals surface area (Å²) in [6.45, 7) is 1.44. The second-order valence-electron chi connectivity index (χ2n) is 4.19.